The van der Waals surface area contributed by atoms with Crippen molar-refractivity contribution >= 4 is 17.2 Å². The average Bonchev–Trinajstić information content (AvgIpc) is 2.63. The maximum atomic E-state index is 10.7. The van der Waals surface area contributed by atoms with Crippen molar-refractivity contribution in [1.29, 1.82) is 0 Å². The third kappa shape index (κ3) is 1.78. The number of aryl methyl sites for hydroxylation is 1. The molecule has 0 spiro atoms. The number of hydrogen-bond donors (Lipinski definition) is 0. The molecule has 2 aromatic rings. The van der Waals surface area contributed by atoms with Gasteiger partial charge in [-0.05, 0) is 18.6 Å². The molecule has 0 unspecified atom stereocenters. The Morgan fingerprint density at radius 1 is 1.50 bits per heavy atom. The Morgan fingerprint density at radius 3 is 3.00 bits per heavy atom. The minimum atomic E-state index is 0.636. The lowest BCUT2D eigenvalue weighted by Crippen LogP contribution is -1.96. The van der Waals surface area contributed by atoms with Crippen LogP contribution in [0.5, 0.6) is 5.88 Å². The first-order chi connectivity index (χ1) is 7.76. The largest absolute Gasteiger partial charge is 0.476 e. The zero-order chi connectivity index (χ0) is 11.5. The van der Waals surface area contributed by atoms with Gasteiger partial charge in [0.05, 0.1) is 17.5 Å². The van der Waals surface area contributed by atoms with Gasteiger partial charge in [-0.15, -0.1) is 5.10 Å². The van der Waals surface area contributed by atoms with Crippen molar-refractivity contribution in [2.75, 3.05) is 6.61 Å². The van der Waals surface area contributed by atoms with Crippen molar-refractivity contribution in [1.82, 2.24) is 9.78 Å². The van der Waals surface area contributed by atoms with Crippen LogP contribution in [-0.4, -0.2) is 22.7 Å². The normalized spacial score (nSPS) is 10.6. The maximum absolute atomic E-state index is 10.7. The molecule has 0 atom stereocenters. The first-order valence-corrected chi connectivity index (χ1v) is 5.31. The van der Waals surface area contributed by atoms with Crippen molar-refractivity contribution in [2.24, 2.45) is 7.05 Å². The van der Waals surface area contributed by atoms with Crippen LogP contribution in [-0.2, 0) is 7.05 Å². The van der Waals surface area contributed by atoms with Crippen LogP contribution in [0.3, 0.4) is 0 Å². The molecule has 4 heteroatoms. The fourth-order valence-electron chi connectivity index (χ4n) is 1.62. The number of ether oxygens (including phenoxy) is 1. The number of carbonyl (C=O) groups is 1. The van der Waals surface area contributed by atoms with E-state index < -0.39 is 0 Å². The fraction of sp³-hybridized carbons (Fsp3) is 0.333. The Kier molecular flexibility index (Phi) is 2.90. The molecular weight excluding hydrogens is 204 g/mol. The average molecular weight is 218 g/mol. The molecule has 4 nitrogen and oxygen atoms in total. The topological polar surface area (TPSA) is 44.1 Å². The van der Waals surface area contributed by atoms with E-state index in [1.165, 1.54) is 0 Å². The lowest BCUT2D eigenvalue weighted by molar-refractivity contribution is 0.112. The summed E-state index contributed by atoms with van der Waals surface area (Å²) in [5.74, 6) is 0.636. The summed E-state index contributed by atoms with van der Waals surface area (Å²) in [6, 6.07) is 5.46. The van der Waals surface area contributed by atoms with Crippen LogP contribution in [0, 0.1) is 0 Å². The Bertz CT molecular complexity index is 517. The van der Waals surface area contributed by atoms with Crippen LogP contribution in [0.25, 0.3) is 10.9 Å². The number of nitrogens with zero attached hydrogens (tertiary/aromatic N) is 2. The van der Waals surface area contributed by atoms with Crippen molar-refractivity contribution in [2.45, 2.75) is 13.3 Å². The van der Waals surface area contributed by atoms with Gasteiger partial charge in [0.2, 0.25) is 5.88 Å². The standard InChI is InChI=1S/C12H14N2O2/c1-3-6-16-12-10-5-4-9(8-15)7-11(10)14(2)13-12/h4-5,7-8H,3,6H2,1-2H3. The van der Waals surface area contributed by atoms with E-state index in [0.29, 0.717) is 18.1 Å². The highest BCUT2D eigenvalue weighted by Crippen LogP contribution is 2.24. The van der Waals surface area contributed by atoms with Crippen LogP contribution in [0.15, 0.2) is 18.2 Å². The van der Waals surface area contributed by atoms with E-state index in [4.69, 9.17) is 4.74 Å². The van der Waals surface area contributed by atoms with Gasteiger partial charge in [-0.1, -0.05) is 13.0 Å². The number of carbonyl (C=O) groups excluding carboxylic acids is 1. The number of fused-ring (bicyclic) bond motifs is 1. The van der Waals surface area contributed by atoms with Crippen LogP contribution in [0.2, 0.25) is 0 Å². The third-order valence-electron chi connectivity index (χ3n) is 2.42. The Balaban J connectivity index is 2.49. The monoisotopic (exact) mass is 218 g/mol. The number of benzene rings is 1. The summed E-state index contributed by atoms with van der Waals surface area (Å²) in [4.78, 5) is 10.7. The lowest BCUT2D eigenvalue weighted by Gasteiger charge is -1.99. The SMILES string of the molecule is CCCOc1nn(C)c2cc(C=O)ccc12. The lowest BCUT2D eigenvalue weighted by atomic mass is 10.2. The van der Waals surface area contributed by atoms with Crippen LogP contribution in [0.4, 0.5) is 0 Å². The van der Waals surface area contributed by atoms with Gasteiger partial charge in [0, 0.05) is 12.6 Å². The highest BCUT2D eigenvalue weighted by molar-refractivity contribution is 5.90. The quantitative estimate of drug-likeness (QED) is 0.739. The zero-order valence-electron chi connectivity index (χ0n) is 9.43. The molecule has 16 heavy (non-hydrogen) atoms. The maximum Gasteiger partial charge on any atom is 0.240 e. The predicted molar refractivity (Wildman–Crippen MR) is 61.9 cm³/mol. The molecule has 0 aliphatic carbocycles. The molecular formula is C12H14N2O2. The molecule has 1 aromatic heterocycles. The second-order valence-corrected chi connectivity index (χ2v) is 3.67. The first kappa shape index (κ1) is 10.7. The number of hydrogen-bond acceptors (Lipinski definition) is 3. The molecule has 0 saturated heterocycles. The van der Waals surface area contributed by atoms with Gasteiger partial charge in [0.1, 0.15) is 6.29 Å². The molecule has 1 aromatic carbocycles. The van der Waals surface area contributed by atoms with Crippen LogP contribution < -0.4 is 4.74 Å². The summed E-state index contributed by atoms with van der Waals surface area (Å²) >= 11 is 0. The van der Waals surface area contributed by atoms with E-state index in [2.05, 4.69) is 12.0 Å². The van der Waals surface area contributed by atoms with Gasteiger partial charge in [0.25, 0.3) is 0 Å². The molecule has 0 radical (unpaired) electrons. The van der Waals surface area contributed by atoms with E-state index >= 15 is 0 Å². The molecule has 0 saturated carbocycles. The molecule has 0 aliphatic heterocycles. The number of aromatic nitrogens is 2. The zero-order valence-corrected chi connectivity index (χ0v) is 9.43. The predicted octanol–water partition coefficient (Wildman–Crippen LogP) is 2.17. The van der Waals surface area contributed by atoms with Crippen LogP contribution in [0.1, 0.15) is 23.7 Å². The van der Waals surface area contributed by atoms with Gasteiger partial charge in [-0.2, -0.15) is 0 Å². The van der Waals surface area contributed by atoms with Gasteiger partial charge in [-0.25, -0.2) is 0 Å². The molecule has 1 heterocycles. The van der Waals surface area contributed by atoms with E-state index in [1.54, 1.807) is 10.7 Å². The molecule has 0 N–H and O–H groups in total. The third-order valence-corrected chi connectivity index (χ3v) is 2.42. The Hall–Kier alpha value is -1.84. The summed E-state index contributed by atoms with van der Waals surface area (Å²) in [5, 5.41) is 5.23. The Morgan fingerprint density at radius 2 is 2.31 bits per heavy atom. The van der Waals surface area contributed by atoms with Gasteiger partial charge in [-0.3, -0.25) is 9.48 Å². The molecule has 2 rings (SSSR count). The minimum absolute atomic E-state index is 0.636. The molecule has 0 fully saturated rings. The number of rotatable bonds is 4. The van der Waals surface area contributed by atoms with Gasteiger partial charge in [0.15, 0.2) is 0 Å². The smallest absolute Gasteiger partial charge is 0.240 e. The summed E-state index contributed by atoms with van der Waals surface area (Å²) in [6.45, 7) is 2.71. The van der Waals surface area contributed by atoms with Crippen molar-refractivity contribution in [3.63, 3.8) is 0 Å². The molecule has 0 bridgehead atoms. The van der Waals surface area contributed by atoms with Crippen molar-refractivity contribution < 1.29 is 9.53 Å². The molecule has 0 aliphatic rings. The van der Waals surface area contributed by atoms with E-state index in [-0.39, 0.29) is 0 Å². The van der Waals surface area contributed by atoms with E-state index in [1.807, 2.05) is 19.2 Å². The second kappa shape index (κ2) is 4.35. The summed E-state index contributed by atoms with van der Waals surface area (Å²) < 4.78 is 7.27. The Labute approximate surface area is 93.8 Å². The fourth-order valence-corrected chi connectivity index (χ4v) is 1.62. The van der Waals surface area contributed by atoms with Gasteiger partial charge < -0.3 is 4.74 Å². The highest BCUT2D eigenvalue weighted by Gasteiger charge is 2.09. The molecule has 0 amide bonds. The van der Waals surface area contributed by atoms with E-state index in [9.17, 15) is 4.79 Å². The first-order valence-electron chi connectivity index (χ1n) is 5.31. The second-order valence-electron chi connectivity index (χ2n) is 3.67. The highest BCUT2D eigenvalue weighted by atomic mass is 16.5. The number of aldehydes is 1. The van der Waals surface area contributed by atoms with Crippen molar-refractivity contribution in [3.05, 3.63) is 23.8 Å². The minimum Gasteiger partial charge on any atom is -0.476 e. The van der Waals surface area contributed by atoms with Crippen molar-refractivity contribution in [3.8, 4) is 5.88 Å². The van der Waals surface area contributed by atoms with Crippen LogP contribution >= 0.6 is 0 Å². The molecule has 84 valence electrons. The summed E-state index contributed by atoms with van der Waals surface area (Å²) in [5.41, 5.74) is 1.56. The summed E-state index contributed by atoms with van der Waals surface area (Å²) in [6.07, 6.45) is 1.78. The van der Waals surface area contributed by atoms with E-state index in [0.717, 1.165) is 23.6 Å². The van der Waals surface area contributed by atoms with Gasteiger partial charge >= 0.3 is 0 Å². The summed E-state index contributed by atoms with van der Waals surface area (Å²) in [7, 11) is 1.84.